The number of phenolic OH excluding ortho intramolecular Hbond substituents is 3. The van der Waals surface area contributed by atoms with E-state index in [1.54, 1.807) is 34.6 Å². The first-order chi connectivity index (χ1) is 46.0. The first-order valence-electron chi connectivity index (χ1n) is 30.6. The predicted octanol–water partition coefficient (Wildman–Crippen LogP) is 3.49. The van der Waals surface area contributed by atoms with E-state index in [0.29, 0.717) is 0 Å². The number of aromatic hydroxyl groups is 3. The Morgan fingerprint density at radius 2 is 1.33 bits per heavy atom. The van der Waals surface area contributed by atoms with Crippen molar-refractivity contribution in [3.05, 3.63) is 117 Å². The largest absolute Gasteiger partial charge is 0.508 e. The van der Waals surface area contributed by atoms with Gasteiger partial charge in [0.05, 0.1) is 28.5 Å². The molecule has 0 saturated carbocycles. The summed E-state index contributed by atoms with van der Waals surface area (Å²) in [6, 6.07) is 3.59. The molecule has 0 spiro atoms. The number of primary amides is 1. The van der Waals surface area contributed by atoms with Crippen molar-refractivity contribution in [2.24, 2.45) is 17.6 Å². The number of carboxylic acids is 1. The van der Waals surface area contributed by atoms with Gasteiger partial charge in [0.15, 0.2) is 29.1 Å². The zero-order chi connectivity index (χ0) is 71.8. The lowest BCUT2D eigenvalue weighted by Crippen LogP contribution is -2.60. The van der Waals surface area contributed by atoms with Crippen LogP contribution in [0.25, 0.3) is 11.1 Å². The lowest BCUT2D eigenvalue weighted by atomic mass is 9.84. The van der Waals surface area contributed by atoms with E-state index < -0.39 is 231 Å². The van der Waals surface area contributed by atoms with Crippen LogP contribution in [-0.4, -0.2) is 177 Å². The molecule has 14 atom stereocenters. The van der Waals surface area contributed by atoms with Crippen molar-refractivity contribution < 1.29 is 118 Å². The Morgan fingerprint density at radius 3 is 1.90 bits per heavy atom. The van der Waals surface area contributed by atoms with Crippen LogP contribution in [0, 0.1) is 11.8 Å². The highest BCUT2D eigenvalue weighted by Gasteiger charge is 2.47. The maximum absolute atomic E-state index is 16.0. The minimum atomic E-state index is -2.25. The zero-order valence-corrected chi connectivity index (χ0v) is 54.7. The molecule has 0 aliphatic carbocycles. The molecule has 1 saturated heterocycles. The number of aliphatic hydroxyl groups excluding tert-OH is 6. The highest BCUT2D eigenvalue weighted by molar-refractivity contribution is 6.32. The number of aliphatic carboxylic acids is 1. The highest BCUT2D eigenvalue weighted by Crippen LogP contribution is 2.50. The SMILES string of the molecule is CC(C)C[C@H](C(=O)N[C@H]1C(=O)C[C@@H](CC(N)=O)C(=O)N[C@H]2C(=O)C[C@H]3C(=O)N[C@H](C(=O)N[C@H](C(=O)O)c4cc(O)cc(O)c4-c4cc3ccc4O)[C@H](O)c3ccc(c(Cl)c3)Oc3cc2cc(c3OC2OC(CO)C(O)C(O)C2O)Oc2ccc(cc2Cl)[C@H]1O)N(C)C(=O)OC(C)(C)C. The fourth-order valence-corrected chi connectivity index (χ4v) is 12.2. The number of rotatable bonds is 11. The van der Waals surface area contributed by atoms with Gasteiger partial charge in [0.1, 0.15) is 95.1 Å². The number of hydrogen-bond acceptors (Lipinski definition) is 23. The third-order valence-electron chi connectivity index (χ3n) is 16.8. The molecule has 11 bridgehead atoms. The van der Waals surface area contributed by atoms with Crippen molar-refractivity contribution in [1.29, 1.82) is 0 Å². The van der Waals surface area contributed by atoms with Gasteiger partial charge >= 0.3 is 12.1 Å². The minimum Gasteiger partial charge on any atom is -0.508 e. The average Bonchev–Trinajstić information content (AvgIpc) is 0.770. The van der Waals surface area contributed by atoms with E-state index >= 15 is 19.2 Å². The van der Waals surface area contributed by atoms with Crippen molar-refractivity contribution in [1.82, 2.24) is 26.2 Å². The maximum Gasteiger partial charge on any atom is 0.410 e. The van der Waals surface area contributed by atoms with E-state index in [1.807, 2.05) is 0 Å². The number of benzene rings is 5. The summed E-state index contributed by atoms with van der Waals surface area (Å²) in [5.41, 5.74) is 2.15. The molecule has 11 rings (SSSR count). The number of nitrogens with one attached hydrogen (secondary N) is 4. The van der Waals surface area contributed by atoms with Gasteiger partial charge in [-0.05, 0) is 110 Å². The maximum atomic E-state index is 16.0. The summed E-state index contributed by atoms with van der Waals surface area (Å²) in [7, 11) is 1.28. The van der Waals surface area contributed by atoms with E-state index in [9.17, 15) is 75.0 Å². The molecule has 32 heteroatoms. The molecular weight excluding hydrogens is 1330 g/mol. The van der Waals surface area contributed by atoms with Crippen LogP contribution in [0.2, 0.25) is 10.0 Å². The van der Waals surface area contributed by atoms with E-state index in [-0.39, 0.29) is 45.6 Å². The molecule has 0 radical (unpaired) electrons. The molecule has 16 N–H and O–H groups in total. The molecule has 30 nitrogen and oxygen atoms in total. The number of carbonyl (C=O) groups is 9. The lowest BCUT2D eigenvalue weighted by molar-refractivity contribution is -0.277. The molecule has 5 unspecified atom stereocenters. The van der Waals surface area contributed by atoms with Crippen LogP contribution in [0.4, 0.5) is 4.79 Å². The van der Waals surface area contributed by atoms with Crippen LogP contribution in [0.1, 0.15) is 118 Å². The first-order valence-corrected chi connectivity index (χ1v) is 31.4. The van der Waals surface area contributed by atoms with Gasteiger partial charge in [-0.15, -0.1) is 0 Å². The molecule has 5 aromatic rings. The van der Waals surface area contributed by atoms with Gasteiger partial charge in [0.25, 0.3) is 0 Å². The molecule has 6 amide bonds. The van der Waals surface area contributed by atoms with Crippen molar-refractivity contribution in [2.45, 2.75) is 145 Å². The number of aliphatic hydroxyl groups is 6. The summed E-state index contributed by atoms with van der Waals surface area (Å²) in [5, 5.41) is 121. The summed E-state index contributed by atoms with van der Waals surface area (Å²) in [4.78, 5) is 132. The van der Waals surface area contributed by atoms with Crippen LogP contribution in [0.3, 0.4) is 0 Å². The first kappa shape index (κ1) is 72.9. The van der Waals surface area contributed by atoms with Gasteiger partial charge < -0.3 is 102 Å². The van der Waals surface area contributed by atoms with Gasteiger partial charge in [0, 0.05) is 49.1 Å². The third-order valence-corrected chi connectivity index (χ3v) is 17.4. The van der Waals surface area contributed by atoms with Gasteiger partial charge in [-0.3, -0.25) is 38.5 Å². The predicted molar refractivity (Wildman–Crippen MR) is 340 cm³/mol. The second kappa shape index (κ2) is 29.4. The van der Waals surface area contributed by atoms with Crippen LogP contribution in [-0.2, 0) is 47.8 Å². The van der Waals surface area contributed by atoms with Gasteiger partial charge in [-0.2, -0.15) is 0 Å². The van der Waals surface area contributed by atoms with Crippen molar-refractivity contribution in [3.8, 4) is 57.1 Å². The quantitative estimate of drug-likeness (QED) is 0.0900. The number of ether oxygens (including phenoxy) is 5. The van der Waals surface area contributed by atoms with Gasteiger partial charge in [-0.1, -0.05) is 55.2 Å². The van der Waals surface area contributed by atoms with Crippen LogP contribution in [0.5, 0.6) is 46.0 Å². The molecule has 6 heterocycles. The smallest absolute Gasteiger partial charge is 0.410 e. The average molecular weight is 1400 g/mol. The number of nitrogens with zero attached hydrogens (tertiary/aromatic N) is 1. The number of nitrogens with two attached hydrogens (primary N) is 1. The number of Topliss-reactive ketones (excluding diaryl/α,β-unsaturated/α-hetero) is 2. The number of halogens is 2. The number of fused-ring (bicyclic) bond motifs is 15. The summed E-state index contributed by atoms with van der Waals surface area (Å²) in [5.74, 6) is -19.4. The van der Waals surface area contributed by atoms with Gasteiger partial charge in [0.2, 0.25) is 41.6 Å². The van der Waals surface area contributed by atoms with E-state index in [1.165, 1.54) is 19.2 Å². The Morgan fingerprint density at radius 1 is 0.714 bits per heavy atom. The number of carbonyl (C=O) groups excluding carboxylic acids is 8. The molecule has 1 fully saturated rings. The number of amides is 6. The van der Waals surface area contributed by atoms with Crippen LogP contribution in [0.15, 0.2) is 78.9 Å². The minimum absolute atomic E-state index is 0.0304. The standard InChI is InChI=1S/C66H72Cl2N6O24/c1-25(2)13-37(74(6)65(93)98-66(3,4)5)61(89)72-51-40(79)17-30(20-47(69)81)59(87)70-49-29-18-44(94-42-11-8-27(53(51)82)15-35(42)67)58(97-64-57(86)56(85)55(84)46(24-75)96-64)45(19-29)95-43-12-9-28(16-36(43)68)54(83)52-62(90)71-50(63(91)92)34-21-31(76)22-39(78)48(34)33-14-26(7-10-38(33)77)32(23-41(49)80)60(88)73-52/h7-12,14-16,18-19,21-22,25,30,32,37,46,49-57,64,75-78,82-86H,13,17,20,23-24H2,1-6H3,(H2,69,81)(H,70,87)(H,71,90)(H,72,89)(H,73,88)(H,91,92)/t30-,32+,37+,46?,49+,50-,51-,52-,53+,54+,55?,56?,57?,64?/m0/s1. The third kappa shape index (κ3) is 15.8. The van der Waals surface area contributed by atoms with Crippen LogP contribution < -0.4 is 41.2 Å². The fourth-order valence-electron chi connectivity index (χ4n) is 11.8. The molecule has 6 aliphatic rings. The normalized spacial score (nSPS) is 25.5. The molecule has 98 heavy (non-hydrogen) atoms. The summed E-state index contributed by atoms with van der Waals surface area (Å²) < 4.78 is 30.6. The van der Waals surface area contributed by atoms with E-state index in [2.05, 4.69) is 21.3 Å². The van der Waals surface area contributed by atoms with Crippen LogP contribution >= 0.6 is 23.2 Å². The van der Waals surface area contributed by atoms with Crippen molar-refractivity contribution in [2.75, 3.05) is 13.7 Å². The Bertz CT molecular complexity index is 4000. The molecule has 0 aromatic heterocycles. The molecule has 524 valence electrons. The topological polar surface area (TPSA) is 479 Å². The van der Waals surface area contributed by atoms with Crippen molar-refractivity contribution >= 4 is 76.4 Å². The van der Waals surface area contributed by atoms with Gasteiger partial charge in [-0.25, -0.2) is 9.59 Å². The lowest BCUT2D eigenvalue weighted by Gasteiger charge is -2.39. The second-order valence-electron chi connectivity index (χ2n) is 25.5. The monoisotopic (exact) mass is 1400 g/mol. The van der Waals surface area contributed by atoms with E-state index in [0.717, 1.165) is 71.6 Å². The summed E-state index contributed by atoms with van der Waals surface area (Å²) in [6.45, 7) is 7.31. The zero-order valence-electron chi connectivity index (χ0n) is 53.2. The number of hydrogen-bond donors (Lipinski definition) is 15. The molecule has 5 aromatic carbocycles. The summed E-state index contributed by atoms with van der Waals surface area (Å²) >= 11 is 14.0. The highest BCUT2D eigenvalue weighted by atomic mass is 35.5. The Hall–Kier alpha value is -9.37. The van der Waals surface area contributed by atoms with E-state index in [4.69, 9.17) is 52.6 Å². The Kier molecular flexibility index (Phi) is 21.8. The Balaban J connectivity index is 1.30. The fraction of sp³-hybridized carbons (Fsp3) is 0.409. The van der Waals surface area contributed by atoms with Crippen molar-refractivity contribution in [3.63, 3.8) is 0 Å². The number of likely N-dealkylation sites (N-methyl/N-ethyl adjacent to an activating group) is 1. The molecular formula is C66H72Cl2N6O24. The number of carboxylic acid groups (broad SMARTS) is 1. The Labute approximate surface area is 568 Å². The summed E-state index contributed by atoms with van der Waals surface area (Å²) in [6.07, 6.45) is -18.3. The molecule has 6 aliphatic heterocycles. The number of ketones is 2. The number of phenols is 3. The second-order valence-corrected chi connectivity index (χ2v) is 26.3.